The van der Waals surface area contributed by atoms with Gasteiger partial charge in [-0.25, -0.2) is 9.78 Å². The van der Waals surface area contributed by atoms with E-state index >= 15 is 0 Å². The third kappa shape index (κ3) is 3.14. The highest BCUT2D eigenvalue weighted by Crippen LogP contribution is 2.19. The quantitative estimate of drug-likeness (QED) is 0.858. The van der Waals surface area contributed by atoms with E-state index in [-0.39, 0.29) is 6.09 Å². The number of rotatable bonds is 4. The maximum absolute atomic E-state index is 11.5. The highest BCUT2D eigenvalue weighted by atomic mass is 16.6. The molecule has 0 saturated carbocycles. The number of cyclic esters (lactones) is 1. The second-order valence-corrected chi connectivity index (χ2v) is 6.29. The lowest BCUT2D eigenvalue weighted by Gasteiger charge is -2.35. The molecule has 0 unspecified atom stereocenters. The summed E-state index contributed by atoms with van der Waals surface area (Å²) in [6.07, 6.45) is -0.172. The van der Waals surface area contributed by atoms with Crippen molar-refractivity contribution >= 4 is 22.8 Å². The van der Waals surface area contributed by atoms with Crippen molar-refractivity contribution in [2.45, 2.75) is 0 Å². The van der Waals surface area contributed by atoms with Gasteiger partial charge in [-0.1, -0.05) is 18.2 Å². The molecule has 1 amide bonds. The third-order valence-electron chi connectivity index (χ3n) is 4.81. The Bertz CT molecular complexity index is 728. The predicted molar refractivity (Wildman–Crippen MR) is 93.3 cm³/mol. The lowest BCUT2D eigenvalue weighted by atomic mass is 10.2. The van der Waals surface area contributed by atoms with Gasteiger partial charge < -0.3 is 14.5 Å². The summed E-state index contributed by atoms with van der Waals surface area (Å²) in [7, 11) is 0. The van der Waals surface area contributed by atoms with Crippen LogP contribution in [0.25, 0.3) is 10.9 Å². The first-order chi connectivity index (χ1) is 11.8. The van der Waals surface area contributed by atoms with Crippen LogP contribution in [-0.2, 0) is 4.74 Å². The van der Waals surface area contributed by atoms with Crippen molar-refractivity contribution < 1.29 is 9.53 Å². The van der Waals surface area contributed by atoms with Crippen LogP contribution in [0.3, 0.4) is 0 Å². The molecule has 1 aromatic heterocycles. The molecule has 2 aromatic rings. The number of benzene rings is 1. The lowest BCUT2D eigenvalue weighted by Crippen LogP contribution is -2.48. The summed E-state index contributed by atoms with van der Waals surface area (Å²) in [5.41, 5.74) is 1.05. The zero-order valence-electron chi connectivity index (χ0n) is 13.7. The molecule has 126 valence electrons. The summed E-state index contributed by atoms with van der Waals surface area (Å²) >= 11 is 0. The van der Waals surface area contributed by atoms with E-state index in [1.54, 1.807) is 4.90 Å². The number of carbonyl (C=O) groups excluding carboxylic acids is 1. The van der Waals surface area contributed by atoms with Crippen LogP contribution < -0.4 is 4.90 Å². The van der Waals surface area contributed by atoms with Crippen LogP contribution in [0, 0.1) is 0 Å². The predicted octanol–water partition coefficient (Wildman–Crippen LogP) is 1.81. The van der Waals surface area contributed by atoms with Crippen molar-refractivity contribution in [3.8, 4) is 0 Å². The maximum atomic E-state index is 11.5. The Kier molecular flexibility index (Phi) is 4.21. The van der Waals surface area contributed by atoms with E-state index in [9.17, 15) is 4.79 Å². The molecule has 0 N–H and O–H groups in total. The van der Waals surface area contributed by atoms with Gasteiger partial charge in [0.05, 0.1) is 12.1 Å². The minimum Gasteiger partial charge on any atom is -0.448 e. The van der Waals surface area contributed by atoms with Gasteiger partial charge in [-0.05, 0) is 18.2 Å². The average molecular weight is 326 g/mol. The van der Waals surface area contributed by atoms with E-state index in [2.05, 4.69) is 34.1 Å². The van der Waals surface area contributed by atoms with Crippen molar-refractivity contribution in [1.29, 1.82) is 0 Å². The standard InChI is InChI=1S/C18H22N4O2/c23-18-22(13-14-24-18)12-9-20-7-10-21(11-8-20)17-6-5-15-3-1-2-4-16(15)19-17/h1-6H,7-14H2. The summed E-state index contributed by atoms with van der Waals surface area (Å²) in [4.78, 5) is 22.8. The fourth-order valence-electron chi connectivity index (χ4n) is 3.32. The number of carbonyl (C=O) groups is 1. The number of aromatic nitrogens is 1. The van der Waals surface area contributed by atoms with Gasteiger partial charge in [-0.2, -0.15) is 0 Å². The number of hydrogen-bond acceptors (Lipinski definition) is 5. The molecule has 0 spiro atoms. The molecular weight excluding hydrogens is 304 g/mol. The van der Waals surface area contributed by atoms with Crippen LogP contribution in [0.5, 0.6) is 0 Å². The maximum Gasteiger partial charge on any atom is 0.409 e. The number of anilines is 1. The van der Waals surface area contributed by atoms with Gasteiger partial charge in [0.25, 0.3) is 0 Å². The molecule has 2 saturated heterocycles. The molecule has 2 fully saturated rings. The van der Waals surface area contributed by atoms with E-state index < -0.39 is 0 Å². The highest BCUT2D eigenvalue weighted by molar-refractivity contribution is 5.80. The number of hydrogen-bond donors (Lipinski definition) is 0. The fraction of sp³-hybridized carbons (Fsp3) is 0.444. The van der Waals surface area contributed by atoms with E-state index in [4.69, 9.17) is 9.72 Å². The van der Waals surface area contributed by atoms with Crippen molar-refractivity contribution in [3.05, 3.63) is 36.4 Å². The summed E-state index contributed by atoms with van der Waals surface area (Å²) in [5, 5.41) is 1.18. The van der Waals surface area contributed by atoms with Crippen molar-refractivity contribution in [2.24, 2.45) is 0 Å². The molecule has 3 heterocycles. The average Bonchev–Trinajstić information content (AvgIpc) is 3.05. The van der Waals surface area contributed by atoms with Gasteiger partial charge in [0, 0.05) is 44.7 Å². The third-order valence-corrected chi connectivity index (χ3v) is 4.81. The molecule has 1 aromatic carbocycles. The molecule has 24 heavy (non-hydrogen) atoms. The van der Waals surface area contributed by atoms with Crippen LogP contribution >= 0.6 is 0 Å². The Morgan fingerprint density at radius 2 is 1.79 bits per heavy atom. The number of ether oxygens (including phenoxy) is 1. The van der Waals surface area contributed by atoms with Gasteiger partial charge in [0.15, 0.2) is 0 Å². The number of amides is 1. The highest BCUT2D eigenvalue weighted by Gasteiger charge is 2.23. The molecule has 2 aliphatic heterocycles. The van der Waals surface area contributed by atoms with Gasteiger partial charge in [0.1, 0.15) is 12.4 Å². The number of piperazine rings is 1. The van der Waals surface area contributed by atoms with Crippen LogP contribution in [0.4, 0.5) is 10.6 Å². The monoisotopic (exact) mass is 326 g/mol. The Hall–Kier alpha value is -2.34. The Morgan fingerprint density at radius 3 is 2.58 bits per heavy atom. The molecule has 0 atom stereocenters. The minimum absolute atomic E-state index is 0.172. The molecule has 0 bridgehead atoms. The first-order valence-corrected chi connectivity index (χ1v) is 8.54. The van der Waals surface area contributed by atoms with Gasteiger partial charge in [-0.15, -0.1) is 0 Å². The number of nitrogens with zero attached hydrogens (tertiary/aromatic N) is 4. The second-order valence-electron chi connectivity index (χ2n) is 6.29. The first-order valence-electron chi connectivity index (χ1n) is 8.54. The Morgan fingerprint density at radius 1 is 0.958 bits per heavy atom. The van der Waals surface area contributed by atoms with Gasteiger partial charge in [-0.3, -0.25) is 4.90 Å². The first kappa shape index (κ1) is 15.2. The van der Waals surface area contributed by atoms with E-state index in [1.807, 2.05) is 12.1 Å². The molecule has 6 nitrogen and oxygen atoms in total. The Balaban J connectivity index is 1.32. The van der Waals surface area contributed by atoms with E-state index in [1.165, 1.54) is 5.39 Å². The summed E-state index contributed by atoms with van der Waals surface area (Å²) in [5.74, 6) is 1.05. The van der Waals surface area contributed by atoms with Crippen LogP contribution in [0.2, 0.25) is 0 Å². The van der Waals surface area contributed by atoms with Crippen LogP contribution in [0.1, 0.15) is 0 Å². The van der Waals surface area contributed by atoms with Crippen LogP contribution in [0.15, 0.2) is 36.4 Å². The SMILES string of the molecule is O=C1OCCN1CCN1CCN(c2ccc3ccccc3n2)CC1. The van der Waals surface area contributed by atoms with Crippen molar-refractivity contribution in [1.82, 2.24) is 14.8 Å². The Labute approximate surface area is 141 Å². The molecule has 2 aliphatic rings. The topological polar surface area (TPSA) is 48.9 Å². The molecular formula is C18H22N4O2. The van der Waals surface area contributed by atoms with Crippen molar-refractivity contribution in [2.75, 3.05) is 57.3 Å². The largest absolute Gasteiger partial charge is 0.448 e. The zero-order chi connectivity index (χ0) is 16.4. The second kappa shape index (κ2) is 6.65. The molecule has 0 aliphatic carbocycles. The van der Waals surface area contributed by atoms with Gasteiger partial charge >= 0.3 is 6.09 Å². The zero-order valence-corrected chi connectivity index (χ0v) is 13.7. The molecule has 6 heteroatoms. The summed E-state index contributed by atoms with van der Waals surface area (Å²) in [6.45, 7) is 6.85. The van der Waals surface area contributed by atoms with Gasteiger partial charge in [0.2, 0.25) is 0 Å². The fourth-order valence-corrected chi connectivity index (χ4v) is 3.32. The number of para-hydroxylation sites is 1. The smallest absolute Gasteiger partial charge is 0.409 e. The summed E-state index contributed by atoms with van der Waals surface area (Å²) in [6, 6.07) is 12.5. The molecule has 0 radical (unpaired) electrons. The minimum atomic E-state index is -0.172. The lowest BCUT2D eigenvalue weighted by molar-refractivity contribution is 0.152. The normalized spacial score (nSPS) is 19.1. The molecule has 4 rings (SSSR count). The van der Waals surface area contributed by atoms with Crippen molar-refractivity contribution in [3.63, 3.8) is 0 Å². The van der Waals surface area contributed by atoms with Crippen LogP contribution in [-0.4, -0.2) is 73.3 Å². The van der Waals surface area contributed by atoms with E-state index in [0.717, 1.165) is 57.1 Å². The number of fused-ring (bicyclic) bond motifs is 1. The van der Waals surface area contributed by atoms with E-state index in [0.29, 0.717) is 6.61 Å². The summed E-state index contributed by atoms with van der Waals surface area (Å²) < 4.78 is 4.97. The number of pyridine rings is 1.